The Kier molecular flexibility index (Phi) is 24.1. The zero-order chi connectivity index (χ0) is 87.7. The Morgan fingerprint density at radius 1 is 0.185 bits per heavy atom. The van der Waals surface area contributed by atoms with Gasteiger partial charge in [0.1, 0.15) is 5.82 Å². The first-order valence-corrected chi connectivity index (χ1v) is 42.1. The lowest BCUT2D eigenvalue weighted by Crippen LogP contribution is -1.97. The fourth-order valence-corrected chi connectivity index (χ4v) is 14.8. The summed E-state index contributed by atoms with van der Waals surface area (Å²) in [6.07, 6.45) is 10.8. The zero-order valence-electron chi connectivity index (χ0n) is 70.1. The molecule has 0 saturated carbocycles. The van der Waals surface area contributed by atoms with Crippen LogP contribution in [0.25, 0.3) is 208 Å². The summed E-state index contributed by atoms with van der Waals surface area (Å²) in [5.74, 6) is 1.70. The van der Waals surface area contributed by atoms with Crippen LogP contribution in [0.3, 0.4) is 0 Å². The van der Waals surface area contributed by atoms with Crippen molar-refractivity contribution in [2.75, 3.05) is 0 Å². The molecule has 0 spiro atoms. The fraction of sp³-hybridized carbons (Fsp3) is 0.00885. The van der Waals surface area contributed by atoms with Crippen molar-refractivity contribution in [1.29, 1.82) is 0 Å². The maximum atomic E-state index is 13.7. The molecule has 0 saturated heterocycles. The van der Waals surface area contributed by atoms with E-state index in [2.05, 4.69) is 93.5 Å². The summed E-state index contributed by atoms with van der Waals surface area (Å²) >= 11 is 0. The van der Waals surface area contributed by atoms with Crippen molar-refractivity contribution in [2.24, 2.45) is 0 Å². The molecule has 614 valence electrons. The van der Waals surface area contributed by atoms with Gasteiger partial charge in [-0.1, -0.05) is 266 Å². The van der Waals surface area contributed by atoms with Gasteiger partial charge in [-0.25, -0.2) is 54.1 Å². The van der Waals surface area contributed by atoms with Crippen molar-refractivity contribution in [3.05, 3.63) is 460 Å². The summed E-state index contributed by atoms with van der Waals surface area (Å²) in [7, 11) is 0. The Bertz CT molecular complexity index is 7040. The number of halogens is 1. The van der Waals surface area contributed by atoms with E-state index in [9.17, 15) is 4.39 Å². The van der Waals surface area contributed by atoms with Crippen LogP contribution in [0.15, 0.2) is 438 Å². The van der Waals surface area contributed by atoms with E-state index in [0.29, 0.717) is 40.2 Å². The van der Waals surface area contributed by atoms with Gasteiger partial charge in [0.05, 0.1) is 109 Å². The van der Waals surface area contributed by atoms with Crippen molar-refractivity contribution in [3.63, 3.8) is 0 Å². The molecule has 0 radical (unpaired) electrons. The maximum Gasteiger partial charge on any atom is 0.187 e. The van der Waals surface area contributed by atoms with Gasteiger partial charge in [-0.15, -0.1) is 0 Å². The summed E-state index contributed by atoms with van der Waals surface area (Å²) in [6.45, 7) is 9.39. The number of pyridine rings is 9. The predicted octanol–water partition coefficient (Wildman–Crippen LogP) is 27.0. The second-order valence-corrected chi connectivity index (χ2v) is 30.4. The minimum atomic E-state index is -0.282. The van der Waals surface area contributed by atoms with Gasteiger partial charge < -0.3 is 0 Å². The molecular weight excluding hydrogens is 1600 g/mol. The number of nitrogens with zero attached hydrogens (tertiary/aromatic N) is 16. The average Bonchev–Trinajstić information content (AvgIpc) is 0.797. The first kappa shape index (κ1) is 81.6. The highest BCUT2D eigenvalue weighted by Crippen LogP contribution is 2.38. The van der Waals surface area contributed by atoms with Crippen LogP contribution < -0.4 is 0 Å². The van der Waals surface area contributed by atoms with Crippen molar-refractivity contribution in [1.82, 2.24) is 74.8 Å². The summed E-state index contributed by atoms with van der Waals surface area (Å²) in [5, 5.41) is 0. The van der Waals surface area contributed by atoms with Crippen LogP contribution >= 0.6 is 0 Å². The largest absolute Gasteiger partial charge is 0.255 e. The highest BCUT2D eigenvalue weighted by Gasteiger charge is 2.20. The number of hydrogen-bond acceptors (Lipinski definition) is 15. The molecule has 12 heterocycles. The standard InChI is InChI=1S/C38H24N6.C38H27N5.C37H24FN5/c1-39-31-18-15-26(16-19-31)30-22-36(32-14-8-9-21-40-32)42-37(23-30)33-20-17-29(25-41-33)35-24-34(27-10-4-2-5-11-27)43-38(44-35)28-12-6-3-7-13-28;1-26-15-17-27(18-16-26)31-22-36(32-14-8-9-21-39-32)41-37(23-31)33-20-19-30(25-40-33)35-24-34(28-10-4-2-5-11-28)42-38(43-35)29-12-6-3-7-13-29;38-30-17-14-25(15-18-30)29-21-35(31-13-7-8-20-39-31)41-36(22-29)32-19-16-28(24-40-32)34-23-33(26-9-3-1-4-10-26)42-37(43-34)27-11-5-2-6-12-27/h2-25H;2-25H,1H3;1-24H. The van der Waals surface area contributed by atoms with Crippen LogP contribution in [0.5, 0.6) is 0 Å². The minimum absolute atomic E-state index is 0.282. The average molecular weight is 1680 g/mol. The van der Waals surface area contributed by atoms with Gasteiger partial charge >= 0.3 is 0 Å². The normalized spacial score (nSPS) is 10.8. The number of hydrogen-bond donors (Lipinski definition) is 0. The lowest BCUT2D eigenvalue weighted by molar-refractivity contribution is 0.628. The molecule has 130 heavy (non-hydrogen) atoms. The topological polar surface area (TPSA) is 198 Å². The first-order chi connectivity index (χ1) is 64.1. The lowest BCUT2D eigenvalue weighted by atomic mass is 10.0. The quantitative estimate of drug-likeness (QED) is 0.0735. The van der Waals surface area contributed by atoms with E-state index in [4.69, 9.17) is 66.4 Å². The molecule has 0 unspecified atom stereocenters. The van der Waals surface area contributed by atoms with Crippen LogP contribution in [0.2, 0.25) is 0 Å². The molecule has 12 aromatic heterocycles. The molecule has 21 rings (SSSR count). The molecule has 0 N–H and O–H groups in total. The van der Waals surface area contributed by atoms with Crippen molar-refractivity contribution < 1.29 is 4.39 Å². The summed E-state index contributed by atoms with van der Waals surface area (Å²) in [6, 6.07) is 130. The van der Waals surface area contributed by atoms with E-state index >= 15 is 0 Å². The maximum absolute atomic E-state index is 13.7. The van der Waals surface area contributed by atoms with Crippen molar-refractivity contribution in [2.45, 2.75) is 6.92 Å². The number of aromatic nitrogens is 15. The minimum Gasteiger partial charge on any atom is -0.255 e. The van der Waals surface area contributed by atoms with Crippen LogP contribution in [0.1, 0.15) is 5.56 Å². The lowest BCUT2D eigenvalue weighted by Gasteiger charge is -2.11. The van der Waals surface area contributed by atoms with Crippen LogP contribution in [0, 0.1) is 19.3 Å². The molecule has 21 aromatic rings. The van der Waals surface area contributed by atoms with Crippen molar-refractivity contribution >= 4 is 5.69 Å². The van der Waals surface area contributed by atoms with E-state index in [1.165, 1.54) is 17.7 Å². The molecule has 16 nitrogen and oxygen atoms in total. The highest BCUT2D eigenvalue weighted by atomic mass is 19.1. The third-order valence-electron chi connectivity index (χ3n) is 21.6. The Morgan fingerprint density at radius 3 is 0.677 bits per heavy atom. The monoisotopic (exact) mass is 1670 g/mol. The Labute approximate surface area is 750 Å². The molecule has 0 fully saturated rings. The van der Waals surface area contributed by atoms with E-state index in [-0.39, 0.29) is 5.82 Å². The highest BCUT2D eigenvalue weighted by molar-refractivity contribution is 5.82. The van der Waals surface area contributed by atoms with Crippen LogP contribution in [-0.2, 0) is 0 Å². The number of benzene rings is 9. The van der Waals surface area contributed by atoms with Gasteiger partial charge in [0, 0.05) is 87.3 Å². The van der Waals surface area contributed by atoms with E-state index < -0.39 is 0 Å². The summed E-state index contributed by atoms with van der Waals surface area (Å²) in [5.41, 5.74) is 30.2. The number of rotatable bonds is 18. The van der Waals surface area contributed by atoms with Crippen LogP contribution in [0.4, 0.5) is 10.1 Å². The molecule has 17 heteroatoms. The molecule has 0 atom stereocenters. The van der Waals surface area contributed by atoms with Gasteiger partial charge in [-0.05, 0) is 180 Å². The third kappa shape index (κ3) is 19.3. The van der Waals surface area contributed by atoms with Gasteiger partial charge in [0.25, 0.3) is 0 Å². The molecule has 0 aliphatic heterocycles. The zero-order valence-corrected chi connectivity index (χ0v) is 70.1. The van der Waals surface area contributed by atoms with Gasteiger partial charge in [0.2, 0.25) is 0 Å². The Morgan fingerprint density at radius 2 is 0.423 bits per heavy atom. The first-order valence-electron chi connectivity index (χ1n) is 42.1. The Balaban J connectivity index is 0.000000126. The smallest absolute Gasteiger partial charge is 0.187 e. The SMILES string of the molecule is Cc1ccc(-c2cc(-c3ccccn3)nc(-c3ccc(-c4cc(-c5ccccc5)nc(-c5ccccc5)n4)cn3)c2)cc1.Fc1ccc(-c2cc(-c3ccccn3)nc(-c3ccc(-c4cc(-c5ccccc5)nc(-c5ccccc5)n4)cn3)c2)cc1.[C-]#[N+]c1ccc(-c2cc(-c3ccccn3)nc(-c3ccc(-c4cc(-c5ccccc5)nc(-c5ccccc5)n4)cn3)c2)cc1. The molecule has 0 amide bonds. The molecule has 0 aliphatic rings. The third-order valence-corrected chi connectivity index (χ3v) is 21.6. The molecule has 0 bridgehead atoms. The van der Waals surface area contributed by atoms with Gasteiger partial charge in [0.15, 0.2) is 23.2 Å². The van der Waals surface area contributed by atoms with E-state index in [0.717, 1.165) is 169 Å². The fourth-order valence-electron chi connectivity index (χ4n) is 14.8. The van der Waals surface area contributed by atoms with E-state index in [1.807, 2.05) is 328 Å². The van der Waals surface area contributed by atoms with Crippen LogP contribution in [-0.4, -0.2) is 74.8 Å². The van der Waals surface area contributed by atoms with Crippen molar-refractivity contribution in [3.8, 4) is 203 Å². The number of aryl methyl sites for hydroxylation is 1. The molecular formula is C113H75FN16. The predicted molar refractivity (Wildman–Crippen MR) is 515 cm³/mol. The summed E-state index contributed by atoms with van der Waals surface area (Å²) in [4.78, 5) is 75.9. The molecule has 9 aromatic carbocycles. The Hall–Kier alpha value is -18.0. The van der Waals surface area contributed by atoms with E-state index in [1.54, 1.807) is 30.7 Å². The second kappa shape index (κ2) is 38.4. The summed E-state index contributed by atoms with van der Waals surface area (Å²) < 4.78 is 13.7. The van der Waals surface area contributed by atoms with Gasteiger partial charge in [-0.2, -0.15) is 0 Å². The van der Waals surface area contributed by atoms with Gasteiger partial charge in [-0.3, -0.25) is 29.9 Å². The molecule has 0 aliphatic carbocycles. The second-order valence-electron chi connectivity index (χ2n) is 30.4.